The van der Waals surface area contributed by atoms with Gasteiger partial charge >= 0.3 is 16.5 Å². The van der Waals surface area contributed by atoms with Crippen LogP contribution < -0.4 is 10.2 Å². The quantitative estimate of drug-likeness (QED) is 0.405. The van der Waals surface area contributed by atoms with Crippen LogP contribution in [0.3, 0.4) is 0 Å². The van der Waals surface area contributed by atoms with Gasteiger partial charge in [0.25, 0.3) is 0 Å². The summed E-state index contributed by atoms with van der Waals surface area (Å²) in [4.78, 5) is 38.6. The summed E-state index contributed by atoms with van der Waals surface area (Å²) in [7, 11) is 0. The van der Waals surface area contributed by atoms with Gasteiger partial charge in [-0.05, 0) is 13.8 Å². The van der Waals surface area contributed by atoms with Crippen LogP contribution in [0.15, 0.2) is 0 Å². The van der Waals surface area contributed by atoms with Crippen molar-refractivity contribution in [2.24, 2.45) is 0 Å². The van der Waals surface area contributed by atoms with Crippen LogP contribution >= 0.6 is 0 Å². The Morgan fingerprint density at radius 3 is 1.00 bits per heavy atom. The molecular weight excluding hydrogens is 251 g/mol. The molecule has 6 nitrogen and oxygen atoms in total. The zero-order valence-corrected chi connectivity index (χ0v) is 9.17. The fourth-order valence-corrected chi connectivity index (χ4v) is 0.407. The van der Waals surface area contributed by atoms with Crippen molar-refractivity contribution in [3.8, 4) is 0 Å². The first-order valence-electron chi connectivity index (χ1n) is 3.64. The average Bonchev–Trinajstić information content (AvgIpc) is 1.79. The molecule has 0 aliphatic carbocycles. The summed E-state index contributed by atoms with van der Waals surface area (Å²) < 4.78 is 0. The normalized spacial score (nSPS) is 7.60. The fraction of sp³-hybridized carbons (Fsp3) is 0.500. The van der Waals surface area contributed by atoms with Crippen molar-refractivity contribution in [1.29, 1.82) is 0 Å². The molecule has 0 fully saturated rings. The Morgan fingerprint density at radius 1 is 0.800 bits per heavy atom. The monoisotopic (exact) mass is 260 g/mol. The second-order valence-electron chi connectivity index (χ2n) is 2.50. The molecule has 0 unspecified atom stereocenters. The first-order chi connectivity index (χ1) is 6.25. The SMILES string of the molecule is CC(=O)CC(=O)[O-].CC(=O)CC(=O)[O-].[Ni+2]. The van der Waals surface area contributed by atoms with E-state index in [1.165, 1.54) is 13.8 Å². The molecule has 0 aliphatic rings. The van der Waals surface area contributed by atoms with E-state index in [1.807, 2.05) is 0 Å². The van der Waals surface area contributed by atoms with Crippen LogP contribution in [0.1, 0.15) is 26.7 Å². The number of aliphatic carboxylic acids is 2. The van der Waals surface area contributed by atoms with Crippen LogP contribution in [-0.4, -0.2) is 23.5 Å². The van der Waals surface area contributed by atoms with Gasteiger partial charge in [-0.25, -0.2) is 0 Å². The van der Waals surface area contributed by atoms with Crippen molar-refractivity contribution >= 4 is 23.5 Å². The van der Waals surface area contributed by atoms with E-state index in [2.05, 4.69) is 0 Å². The maximum Gasteiger partial charge on any atom is 2.00 e. The van der Waals surface area contributed by atoms with Gasteiger partial charge in [-0.1, -0.05) is 0 Å². The maximum atomic E-state index is 9.83. The fourth-order valence-electron chi connectivity index (χ4n) is 0.407. The summed E-state index contributed by atoms with van der Waals surface area (Å²) in [5.41, 5.74) is 0. The molecule has 15 heavy (non-hydrogen) atoms. The van der Waals surface area contributed by atoms with Gasteiger partial charge in [0, 0.05) is 24.8 Å². The van der Waals surface area contributed by atoms with Crippen LogP contribution in [0, 0.1) is 0 Å². The van der Waals surface area contributed by atoms with Gasteiger partial charge in [0.15, 0.2) is 0 Å². The van der Waals surface area contributed by atoms with Gasteiger partial charge in [-0.15, -0.1) is 0 Å². The van der Waals surface area contributed by atoms with Crippen molar-refractivity contribution in [1.82, 2.24) is 0 Å². The topological polar surface area (TPSA) is 114 Å². The van der Waals surface area contributed by atoms with Crippen molar-refractivity contribution in [3.63, 3.8) is 0 Å². The average molecular weight is 261 g/mol. The zero-order valence-electron chi connectivity index (χ0n) is 8.18. The minimum Gasteiger partial charge on any atom is -0.550 e. The van der Waals surface area contributed by atoms with Gasteiger partial charge in [0.1, 0.15) is 11.6 Å². The van der Waals surface area contributed by atoms with Gasteiger partial charge in [-0.3, -0.25) is 9.59 Å². The van der Waals surface area contributed by atoms with Crippen LogP contribution in [0.5, 0.6) is 0 Å². The Labute approximate surface area is 96.6 Å². The van der Waals surface area contributed by atoms with E-state index in [0.29, 0.717) is 0 Å². The van der Waals surface area contributed by atoms with Crippen molar-refractivity contribution in [2.45, 2.75) is 26.7 Å². The van der Waals surface area contributed by atoms with E-state index < -0.39 is 24.8 Å². The minimum atomic E-state index is -1.31. The number of rotatable bonds is 4. The van der Waals surface area contributed by atoms with Crippen molar-refractivity contribution in [3.05, 3.63) is 0 Å². The van der Waals surface area contributed by atoms with Gasteiger partial charge in [-0.2, -0.15) is 0 Å². The molecule has 0 aromatic carbocycles. The summed E-state index contributed by atoms with van der Waals surface area (Å²) >= 11 is 0. The number of Topliss-reactive ketones (excluding diaryl/α,β-unsaturated/α-hetero) is 2. The summed E-state index contributed by atoms with van der Waals surface area (Å²) in [6, 6.07) is 0. The van der Waals surface area contributed by atoms with Crippen LogP contribution in [-0.2, 0) is 35.7 Å². The molecule has 0 spiro atoms. The first kappa shape index (κ1) is 19.4. The molecule has 0 radical (unpaired) electrons. The molecule has 0 rings (SSSR count). The molecule has 0 aromatic rings. The third-order valence-electron chi connectivity index (χ3n) is 0.787. The largest absolute Gasteiger partial charge is 2.00 e. The van der Waals surface area contributed by atoms with E-state index in [0.717, 1.165) is 0 Å². The molecule has 0 N–H and O–H groups in total. The number of ketones is 2. The zero-order chi connectivity index (χ0) is 11.7. The van der Waals surface area contributed by atoms with E-state index in [4.69, 9.17) is 0 Å². The van der Waals surface area contributed by atoms with Crippen LogP contribution in [0.25, 0.3) is 0 Å². The van der Waals surface area contributed by atoms with Crippen LogP contribution in [0.4, 0.5) is 0 Å². The second-order valence-corrected chi connectivity index (χ2v) is 2.50. The van der Waals surface area contributed by atoms with Gasteiger partial charge in [0.05, 0.1) is 0 Å². The third-order valence-corrected chi connectivity index (χ3v) is 0.787. The summed E-state index contributed by atoms with van der Waals surface area (Å²) in [6.07, 6.45) is -0.944. The number of carboxylic acid groups (broad SMARTS) is 2. The van der Waals surface area contributed by atoms with Crippen molar-refractivity contribution in [2.75, 3.05) is 0 Å². The summed E-state index contributed by atoms with van der Waals surface area (Å²) in [6.45, 7) is 2.41. The minimum absolute atomic E-state index is 0. The maximum absolute atomic E-state index is 9.83. The predicted octanol–water partition coefficient (Wildman–Crippen LogP) is -2.57. The van der Waals surface area contributed by atoms with Crippen LogP contribution in [0.2, 0.25) is 0 Å². The molecule has 0 atom stereocenters. The molecule has 0 aromatic heterocycles. The molecule has 0 amide bonds. The molecule has 0 aliphatic heterocycles. The van der Waals surface area contributed by atoms with E-state index >= 15 is 0 Å². The summed E-state index contributed by atoms with van der Waals surface area (Å²) in [5, 5.41) is 19.0. The molecule has 7 heteroatoms. The first-order valence-corrected chi connectivity index (χ1v) is 3.64. The number of carbonyl (C=O) groups is 4. The third kappa shape index (κ3) is 32.3. The Bertz CT molecular complexity index is 198. The van der Waals surface area contributed by atoms with Gasteiger partial charge in [0.2, 0.25) is 0 Å². The second kappa shape index (κ2) is 10.9. The molecule has 0 heterocycles. The molecule has 88 valence electrons. The number of hydrogen-bond donors (Lipinski definition) is 0. The van der Waals surface area contributed by atoms with Gasteiger partial charge < -0.3 is 19.8 Å². The Hall–Kier alpha value is -1.23. The Balaban J connectivity index is -0.000000180. The van der Waals surface area contributed by atoms with E-state index in [1.54, 1.807) is 0 Å². The standard InChI is InChI=1S/2C4H6O3.Ni/c2*1-3(5)2-4(6)7;/h2*2H2,1H3,(H,6,7);/q;;+2/p-2. The van der Waals surface area contributed by atoms with Crippen molar-refractivity contribution < 1.29 is 45.9 Å². The molecule has 0 bridgehead atoms. The summed E-state index contributed by atoms with van der Waals surface area (Å²) in [5.74, 6) is -3.37. The molecule has 0 saturated carbocycles. The van der Waals surface area contributed by atoms with E-state index in [9.17, 15) is 29.4 Å². The van der Waals surface area contributed by atoms with E-state index in [-0.39, 0.29) is 28.1 Å². The number of carbonyl (C=O) groups excluding carboxylic acids is 4. The number of carboxylic acids is 2. The Morgan fingerprint density at radius 2 is 1.00 bits per heavy atom. The predicted molar refractivity (Wildman–Crippen MR) is 40.6 cm³/mol. The Kier molecular flexibility index (Phi) is 14.0. The smallest absolute Gasteiger partial charge is 0.550 e. The molecular formula is C8H10NiO6. The molecule has 0 saturated heterocycles. The number of hydrogen-bond acceptors (Lipinski definition) is 6.